The van der Waals surface area contributed by atoms with Gasteiger partial charge in [-0.25, -0.2) is 0 Å². The first-order chi connectivity index (χ1) is 9.10. The highest BCUT2D eigenvalue weighted by molar-refractivity contribution is 6.42. The fraction of sp³-hybridized carbons (Fsp3) is 0.250. The first kappa shape index (κ1) is 13.0. The highest BCUT2D eigenvalue weighted by Crippen LogP contribution is 2.41. The van der Waals surface area contributed by atoms with Crippen LogP contribution in [0.15, 0.2) is 42.5 Å². The highest BCUT2D eigenvalue weighted by Gasteiger charge is 2.36. The number of fused-ring (bicyclic) bond motifs is 1. The van der Waals surface area contributed by atoms with Crippen LogP contribution in [0.3, 0.4) is 0 Å². The summed E-state index contributed by atoms with van der Waals surface area (Å²) in [6, 6.07) is 13.6. The zero-order valence-electron chi connectivity index (χ0n) is 10.4. The molecule has 2 aromatic carbocycles. The summed E-state index contributed by atoms with van der Waals surface area (Å²) >= 11 is 12.2. The summed E-state index contributed by atoms with van der Waals surface area (Å²) in [5.41, 5.74) is 2.31. The molecule has 1 atom stereocenters. The molecule has 0 amide bonds. The number of rotatable bonds is 2. The number of aliphatic hydroxyl groups is 1. The third-order valence-electron chi connectivity index (χ3n) is 3.84. The Morgan fingerprint density at radius 2 is 1.84 bits per heavy atom. The number of halogens is 2. The fourth-order valence-corrected chi connectivity index (χ4v) is 3.24. The van der Waals surface area contributed by atoms with E-state index in [1.807, 2.05) is 30.3 Å². The summed E-state index contributed by atoms with van der Waals surface area (Å²) in [4.78, 5) is 0. The van der Waals surface area contributed by atoms with Gasteiger partial charge in [0.05, 0.1) is 15.6 Å². The number of hydrogen-bond donors (Lipinski definition) is 1. The molecule has 0 heterocycles. The van der Waals surface area contributed by atoms with Gasteiger partial charge in [-0.05, 0) is 35.6 Å². The number of benzene rings is 2. The Hall–Kier alpha value is -1.02. The molecule has 1 N–H and O–H groups in total. The third kappa shape index (κ3) is 2.27. The maximum Gasteiger partial charge on any atom is 0.0943 e. The quantitative estimate of drug-likeness (QED) is 0.871. The molecule has 98 valence electrons. The van der Waals surface area contributed by atoms with Crippen molar-refractivity contribution in [3.63, 3.8) is 0 Å². The molecule has 19 heavy (non-hydrogen) atoms. The molecule has 3 rings (SSSR count). The molecule has 3 heteroatoms. The van der Waals surface area contributed by atoms with Gasteiger partial charge in [0.15, 0.2) is 0 Å². The van der Waals surface area contributed by atoms with E-state index in [-0.39, 0.29) is 0 Å². The molecule has 0 bridgehead atoms. The second-order valence-electron chi connectivity index (χ2n) is 5.08. The normalized spacial score (nSPS) is 21.4. The van der Waals surface area contributed by atoms with Crippen LogP contribution in [0.1, 0.15) is 23.1 Å². The van der Waals surface area contributed by atoms with Gasteiger partial charge in [0.25, 0.3) is 0 Å². The molecule has 2 aromatic rings. The van der Waals surface area contributed by atoms with Gasteiger partial charge < -0.3 is 5.11 Å². The Labute approximate surface area is 122 Å². The van der Waals surface area contributed by atoms with Gasteiger partial charge in [-0.2, -0.15) is 0 Å². The second kappa shape index (κ2) is 4.82. The molecule has 0 saturated heterocycles. The summed E-state index contributed by atoms with van der Waals surface area (Å²) in [5, 5.41) is 12.0. The molecule has 0 spiro atoms. The van der Waals surface area contributed by atoms with Crippen molar-refractivity contribution in [1.82, 2.24) is 0 Å². The molecular formula is C16H14Cl2O. The first-order valence-electron chi connectivity index (χ1n) is 6.34. The zero-order valence-corrected chi connectivity index (χ0v) is 11.9. The predicted octanol–water partition coefficient (Wildman–Crippen LogP) is 4.37. The van der Waals surface area contributed by atoms with E-state index in [2.05, 4.69) is 6.07 Å². The molecule has 1 aliphatic carbocycles. The number of aryl methyl sites for hydroxylation is 1. The molecule has 1 aliphatic rings. The lowest BCUT2D eigenvalue weighted by Gasteiger charge is -2.25. The van der Waals surface area contributed by atoms with E-state index in [9.17, 15) is 5.11 Å². The van der Waals surface area contributed by atoms with Crippen molar-refractivity contribution in [1.29, 1.82) is 0 Å². The summed E-state index contributed by atoms with van der Waals surface area (Å²) < 4.78 is 0. The molecule has 0 radical (unpaired) electrons. The zero-order chi connectivity index (χ0) is 13.5. The van der Waals surface area contributed by atoms with E-state index >= 15 is 0 Å². The molecule has 0 saturated carbocycles. The van der Waals surface area contributed by atoms with E-state index in [0.29, 0.717) is 16.5 Å². The van der Waals surface area contributed by atoms with Crippen LogP contribution in [0.5, 0.6) is 0 Å². The monoisotopic (exact) mass is 292 g/mol. The van der Waals surface area contributed by atoms with E-state index < -0.39 is 5.60 Å². The SMILES string of the molecule is OC1(Cc2cccc(Cl)c2Cl)CCc2ccccc21. The molecule has 0 fully saturated rings. The van der Waals surface area contributed by atoms with Crippen LogP contribution in [0.25, 0.3) is 0 Å². The smallest absolute Gasteiger partial charge is 0.0943 e. The van der Waals surface area contributed by atoms with Gasteiger partial charge in [-0.3, -0.25) is 0 Å². The fourth-order valence-electron chi connectivity index (χ4n) is 2.85. The maximum atomic E-state index is 10.9. The van der Waals surface area contributed by atoms with Crippen LogP contribution in [0, 0.1) is 0 Å². The van der Waals surface area contributed by atoms with E-state index in [1.165, 1.54) is 5.56 Å². The Morgan fingerprint density at radius 3 is 2.68 bits per heavy atom. The van der Waals surface area contributed by atoms with Crippen molar-refractivity contribution >= 4 is 23.2 Å². The minimum absolute atomic E-state index is 0.503. The second-order valence-corrected chi connectivity index (χ2v) is 5.86. The third-order valence-corrected chi connectivity index (χ3v) is 4.70. The summed E-state index contributed by atoms with van der Waals surface area (Å²) in [6.07, 6.45) is 2.14. The molecular weight excluding hydrogens is 279 g/mol. The maximum absolute atomic E-state index is 10.9. The van der Waals surface area contributed by atoms with Crippen molar-refractivity contribution in [2.24, 2.45) is 0 Å². The summed E-state index contributed by atoms with van der Waals surface area (Å²) in [7, 11) is 0. The van der Waals surface area contributed by atoms with Crippen LogP contribution in [-0.2, 0) is 18.4 Å². The Balaban J connectivity index is 1.98. The van der Waals surface area contributed by atoms with Crippen LogP contribution >= 0.6 is 23.2 Å². The Morgan fingerprint density at radius 1 is 1.05 bits per heavy atom. The number of hydrogen-bond acceptors (Lipinski definition) is 1. The van der Waals surface area contributed by atoms with Crippen molar-refractivity contribution in [2.45, 2.75) is 24.9 Å². The van der Waals surface area contributed by atoms with E-state index in [1.54, 1.807) is 6.07 Å². The van der Waals surface area contributed by atoms with Crippen LogP contribution < -0.4 is 0 Å². The molecule has 0 aliphatic heterocycles. The summed E-state index contributed by atoms with van der Waals surface area (Å²) in [6.45, 7) is 0. The molecule has 0 aromatic heterocycles. The van der Waals surface area contributed by atoms with Crippen molar-refractivity contribution in [2.75, 3.05) is 0 Å². The van der Waals surface area contributed by atoms with E-state index in [0.717, 1.165) is 24.0 Å². The van der Waals surface area contributed by atoms with Gasteiger partial charge in [0, 0.05) is 6.42 Å². The van der Waals surface area contributed by atoms with Gasteiger partial charge in [-0.15, -0.1) is 0 Å². The van der Waals surface area contributed by atoms with Gasteiger partial charge >= 0.3 is 0 Å². The lowest BCUT2D eigenvalue weighted by Crippen LogP contribution is -2.25. The topological polar surface area (TPSA) is 20.2 Å². The Bertz CT molecular complexity index is 624. The van der Waals surface area contributed by atoms with Crippen molar-refractivity contribution in [3.05, 3.63) is 69.2 Å². The van der Waals surface area contributed by atoms with Crippen LogP contribution in [-0.4, -0.2) is 5.11 Å². The molecule has 1 nitrogen and oxygen atoms in total. The lowest BCUT2D eigenvalue weighted by molar-refractivity contribution is 0.0390. The van der Waals surface area contributed by atoms with Crippen LogP contribution in [0.2, 0.25) is 10.0 Å². The standard InChI is InChI=1S/C16H14Cl2O/c17-14-7-3-5-12(15(14)18)10-16(19)9-8-11-4-1-2-6-13(11)16/h1-7,19H,8-10H2. The molecule has 1 unspecified atom stereocenters. The first-order valence-corrected chi connectivity index (χ1v) is 7.09. The lowest BCUT2D eigenvalue weighted by atomic mass is 9.89. The minimum atomic E-state index is -0.828. The van der Waals surface area contributed by atoms with E-state index in [4.69, 9.17) is 23.2 Å². The summed E-state index contributed by atoms with van der Waals surface area (Å²) in [5.74, 6) is 0. The van der Waals surface area contributed by atoms with Crippen molar-refractivity contribution < 1.29 is 5.11 Å². The highest BCUT2D eigenvalue weighted by atomic mass is 35.5. The predicted molar refractivity (Wildman–Crippen MR) is 78.8 cm³/mol. The Kier molecular flexibility index (Phi) is 3.30. The average Bonchev–Trinajstić information content (AvgIpc) is 2.74. The van der Waals surface area contributed by atoms with Crippen LogP contribution in [0.4, 0.5) is 0 Å². The minimum Gasteiger partial charge on any atom is -0.385 e. The van der Waals surface area contributed by atoms with Gasteiger partial charge in [0.1, 0.15) is 0 Å². The van der Waals surface area contributed by atoms with Gasteiger partial charge in [-0.1, -0.05) is 59.6 Å². The largest absolute Gasteiger partial charge is 0.385 e. The van der Waals surface area contributed by atoms with Crippen molar-refractivity contribution in [3.8, 4) is 0 Å². The average molecular weight is 293 g/mol. The van der Waals surface area contributed by atoms with Gasteiger partial charge in [0.2, 0.25) is 0 Å².